The normalized spacial score (nSPS) is 12.3. The molecule has 3 aromatic heterocycles. The van der Waals surface area contributed by atoms with Crippen LogP contribution in [0.2, 0.25) is 0 Å². The molecule has 3 heterocycles. The van der Waals surface area contributed by atoms with Crippen molar-refractivity contribution in [2.45, 2.75) is 19.5 Å². The second-order valence-electron chi connectivity index (χ2n) is 6.00. The number of aryl methyl sites for hydroxylation is 1. The second kappa shape index (κ2) is 7.19. The van der Waals surface area contributed by atoms with E-state index >= 15 is 0 Å². The number of anilines is 2. The Morgan fingerprint density at radius 3 is 2.54 bits per heavy atom. The number of nitrogens with zero attached hydrogens (tertiary/aromatic N) is 4. The first-order chi connectivity index (χ1) is 13.0. The summed E-state index contributed by atoms with van der Waals surface area (Å²) in [6.45, 7) is 1.83. The van der Waals surface area contributed by atoms with Gasteiger partial charge in [-0.2, -0.15) is 13.2 Å². The summed E-state index contributed by atoms with van der Waals surface area (Å²) in [7, 11) is -4.16. The first-order valence-corrected chi connectivity index (χ1v) is 9.61. The van der Waals surface area contributed by atoms with Crippen LogP contribution >= 0.6 is 0 Å². The van der Waals surface area contributed by atoms with Crippen molar-refractivity contribution in [2.24, 2.45) is 0 Å². The van der Waals surface area contributed by atoms with Gasteiger partial charge in [0, 0.05) is 11.8 Å². The second-order valence-corrected chi connectivity index (χ2v) is 7.85. The van der Waals surface area contributed by atoms with Crippen LogP contribution in [0.5, 0.6) is 0 Å². The van der Waals surface area contributed by atoms with Crippen LogP contribution in [0.3, 0.4) is 0 Å². The maximum atomic E-state index is 12.2. The van der Waals surface area contributed by atoms with E-state index in [0.717, 1.165) is 5.56 Å². The Labute approximate surface area is 158 Å². The van der Waals surface area contributed by atoms with Crippen molar-refractivity contribution in [1.29, 1.82) is 0 Å². The highest BCUT2D eigenvalue weighted by atomic mass is 32.2. The average Bonchev–Trinajstić information content (AvgIpc) is 2.60. The van der Waals surface area contributed by atoms with Crippen molar-refractivity contribution < 1.29 is 21.6 Å². The fraction of sp³-hybridized carbons (Fsp3) is 0.250. The van der Waals surface area contributed by atoms with E-state index in [1.807, 2.05) is 11.6 Å². The Bertz CT molecular complexity index is 1120. The summed E-state index contributed by atoms with van der Waals surface area (Å²) in [6.07, 6.45) is -3.13. The molecule has 8 nitrogen and oxygen atoms in total. The summed E-state index contributed by atoms with van der Waals surface area (Å²) in [6, 6.07) is 4.67. The molecule has 0 unspecified atom stereocenters. The third kappa shape index (κ3) is 4.82. The van der Waals surface area contributed by atoms with Gasteiger partial charge in [-0.1, -0.05) is 0 Å². The van der Waals surface area contributed by atoms with Crippen LogP contribution in [0, 0.1) is 6.92 Å². The van der Waals surface area contributed by atoms with Crippen LogP contribution in [0.1, 0.15) is 12.0 Å². The van der Waals surface area contributed by atoms with Gasteiger partial charge in [-0.15, -0.1) is 0 Å². The Hall–Kier alpha value is -3.02. The van der Waals surface area contributed by atoms with Crippen LogP contribution in [-0.4, -0.2) is 40.3 Å². The number of nitrogens with two attached hydrogens (primary N) is 1. The SMILES string of the molecule is Cc1cc(-c2ccc(NS(=O)(=O)CCC(F)(F)F)nc2)nc2cnc(N)nc12. The van der Waals surface area contributed by atoms with Crippen molar-refractivity contribution in [3.8, 4) is 11.3 Å². The number of aromatic nitrogens is 4. The monoisotopic (exact) mass is 412 g/mol. The molecule has 28 heavy (non-hydrogen) atoms. The van der Waals surface area contributed by atoms with Gasteiger partial charge in [0.25, 0.3) is 0 Å². The van der Waals surface area contributed by atoms with Gasteiger partial charge in [-0.3, -0.25) is 4.72 Å². The molecule has 0 amide bonds. The molecular weight excluding hydrogens is 397 g/mol. The molecule has 3 N–H and O–H groups in total. The largest absolute Gasteiger partial charge is 0.390 e. The average molecular weight is 412 g/mol. The van der Waals surface area contributed by atoms with Crippen LogP contribution in [0.25, 0.3) is 22.3 Å². The number of sulfonamides is 1. The van der Waals surface area contributed by atoms with E-state index in [4.69, 9.17) is 5.73 Å². The molecule has 0 aliphatic heterocycles. The van der Waals surface area contributed by atoms with Gasteiger partial charge >= 0.3 is 6.18 Å². The van der Waals surface area contributed by atoms with E-state index in [2.05, 4.69) is 19.9 Å². The molecule has 0 aromatic carbocycles. The predicted octanol–water partition coefficient (Wildman–Crippen LogP) is 2.67. The minimum Gasteiger partial charge on any atom is -0.368 e. The van der Waals surface area contributed by atoms with Gasteiger partial charge in [0.1, 0.15) is 11.3 Å². The Morgan fingerprint density at radius 1 is 1.14 bits per heavy atom. The summed E-state index contributed by atoms with van der Waals surface area (Å²) in [4.78, 5) is 16.4. The van der Waals surface area contributed by atoms with E-state index in [1.54, 1.807) is 12.1 Å². The first-order valence-electron chi connectivity index (χ1n) is 7.96. The Morgan fingerprint density at radius 2 is 1.89 bits per heavy atom. The van der Waals surface area contributed by atoms with Crippen LogP contribution in [0.4, 0.5) is 24.9 Å². The smallest absolute Gasteiger partial charge is 0.368 e. The van der Waals surface area contributed by atoms with Gasteiger partial charge < -0.3 is 5.73 Å². The molecule has 12 heteroatoms. The lowest BCUT2D eigenvalue weighted by Gasteiger charge is -2.10. The van der Waals surface area contributed by atoms with E-state index < -0.39 is 28.4 Å². The molecule has 0 aliphatic carbocycles. The molecule has 0 aliphatic rings. The van der Waals surface area contributed by atoms with Crippen molar-refractivity contribution in [3.63, 3.8) is 0 Å². The molecule has 3 rings (SSSR count). The number of pyridine rings is 2. The van der Waals surface area contributed by atoms with Gasteiger partial charge in [0.2, 0.25) is 16.0 Å². The van der Waals surface area contributed by atoms with Gasteiger partial charge in [-0.05, 0) is 30.7 Å². The highest BCUT2D eigenvalue weighted by Gasteiger charge is 2.30. The summed E-state index contributed by atoms with van der Waals surface area (Å²) < 4.78 is 62.1. The van der Waals surface area contributed by atoms with Gasteiger partial charge in [0.05, 0.1) is 29.6 Å². The van der Waals surface area contributed by atoms with Crippen molar-refractivity contribution in [3.05, 3.63) is 36.2 Å². The molecule has 3 aromatic rings. The number of hydrogen-bond acceptors (Lipinski definition) is 7. The van der Waals surface area contributed by atoms with Crippen LogP contribution in [0.15, 0.2) is 30.6 Å². The fourth-order valence-electron chi connectivity index (χ4n) is 2.41. The number of nitrogens with one attached hydrogen (secondary N) is 1. The highest BCUT2D eigenvalue weighted by molar-refractivity contribution is 7.92. The van der Waals surface area contributed by atoms with Crippen molar-refractivity contribution >= 4 is 32.8 Å². The maximum absolute atomic E-state index is 12.2. The third-order valence-electron chi connectivity index (χ3n) is 3.73. The number of fused-ring (bicyclic) bond motifs is 1. The lowest BCUT2D eigenvalue weighted by molar-refractivity contribution is -0.129. The maximum Gasteiger partial charge on any atom is 0.390 e. The zero-order chi connectivity index (χ0) is 20.5. The Kier molecular flexibility index (Phi) is 5.06. The molecule has 0 bridgehead atoms. The molecule has 0 radical (unpaired) electrons. The zero-order valence-corrected chi connectivity index (χ0v) is 15.3. The highest BCUT2D eigenvalue weighted by Crippen LogP contribution is 2.24. The quantitative estimate of drug-likeness (QED) is 0.660. The lowest BCUT2D eigenvalue weighted by Crippen LogP contribution is -2.22. The van der Waals surface area contributed by atoms with E-state index in [0.29, 0.717) is 22.3 Å². The molecule has 148 valence electrons. The third-order valence-corrected chi connectivity index (χ3v) is 4.99. The molecule has 0 saturated heterocycles. The minimum atomic E-state index is -4.56. The van der Waals surface area contributed by atoms with Crippen molar-refractivity contribution in [1.82, 2.24) is 19.9 Å². The van der Waals surface area contributed by atoms with Crippen LogP contribution in [-0.2, 0) is 10.0 Å². The topological polar surface area (TPSA) is 124 Å². The van der Waals surface area contributed by atoms with Gasteiger partial charge in [-0.25, -0.2) is 28.4 Å². The van der Waals surface area contributed by atoms with E-state index in [-0.39, 0.29) is 11.8 Å². The number of hydrogen-bond donors (Lipinski definition) is 2. The summed E-state index contributed by atoms with van der Waals surface area (Å²) in [5, 5.41) is 0. The first kappa shape index (κ1) is 19.7. The molecule has 0 saturated carbocycles. The van der Waals surface area contributed by atoms with Crippen molar-refractivity contribution in [2.75, 3.05) is 16.2 Å². The molecule has 0 atom stereocenters. The van der Waals surface area contributed by atoms with Gasteiger partial charge in [0.15, 0.2) is 0 Å². The number of rotatable bonds is 5. The number of alkyl halides is 3. The Balaban J connectivity index is 1.81. The summed E-state index contributed by atoms with van der Waals surface area (Å²) in [5.74, 6) is -1.03. The molecule has 0 fully saturated rings. The zero-order valence-electron chi connectivity index (χ0n) is 14.5. The molecule has 0 spiro atoms. The predicted molar refractivity (Wildman–Crippen MR) is 97.8 cm³/mol. The lowest BCUT2D eigenvalue weighted by atomic mass is 10.1. The molecular formula is C16H15F3N6O2S. The minimum absolute atomic E-state index is 0.0838. The fourth-order valence-corrected chi connectivity index (χ4v) is 3.45. The van der Waals surface area contributed by atoms with Crippen LogP contribution < -0.4 is 10.5 Å². The van der Waals surface area contributed by atoms with E-state index in [9.17, 15) is 21.6 Å². The summed E-state index contributed by atoms with van der Waals surface area (Å²) in [5.41, 5.74) is 8.66. The number of halogens is 3. The van der Waals surface area contributed by atoms with E-state index in [1.165, 1.54) is 18.5 Å². The summed E-state index contributed by atoms with van der Waals surface area (Å²) >= 11 is 0. The standard InChI is InChI=1S/C16H15F3N6O2S/c1-9-6-11(23-12-8-22-15(20)24-14(9)12)10-2-3-13(21-7-10)25-28(26,27)5-4-16(17,18)19/h2-3,6-8H,4-5H2,1H3,(H,21,25)(H2,20,22,24). The number of nitrogen functional groups attached to an aromatic ring is 1.